The molecule has 0 saturated carbocycles. The standard InChI is InChI=1S/C23H23N3O5S/c1-30-17-9-5-6-13(21(17)31-2)20-14-12-19(32-18(14)10-11-26(20)23(28)29)22(27)25-16-8-4-3-7-15(16)24/h3-9,12,20H,10-11,24H2,1-2H3,(H,25,27)(H,28,29). The Hall–Kier alpha value is -3.72. The van der Waals surface area contributed by atoms with Crippen LogP contribution < -0.4 is 20.5 Å². The van der Waals surface area contributed by atoms with E-state index in [4.69, 9.17) is 15.2 Å². The van der Waals surface area contributed by atoms with Gasteiger partial charge in [-0.25, -0.2) is 4.79 Å². The molecule has 4 rings (SSSR count). The zero-order valence-corrected chi connectivity index (χ0v) is 18.4. The van der Waals surface area contributed by atoms with Crippen molar-refractivity contribution >= 4 is 34.7 Å². The minimum Gasteiger partial charge on any atom is -0.493 e. The molecule has 0 aliphatic carbocycles. The number of nitrogens with one attached hydrogen (secondary N) is 1. The molecule has 8 nitrogen and oxygen atoms in total. The number of para-hydroxylation sites is 3. The predicted molar refractivity (Wildman–Crippen MR) is 123 cm³/mol. The fourth-order valence-corrected chi connectivity index (χ4v) is 5.04. The third kappa shape index (κ3) is 3.82. The van der Waals surface area contributed by atoms with Crippen molar-refractivity contribution in [1.29, 1.82) is 0 Å². The highest BCUT2D eigenvalue weighted by Crippen LogP contribution is 2.45. The zero-order chi connectivity index (χ0) is 22.8. The summed E-state index contributed by atoms with van der Waals surface area (Å²) in [5.41, 5.74) is 8.37. The van der Waals surface area contributed by atoms with Gasteiger partial charge in [-0.05, 0) is 36.2 Å². The molecule has 2 heterocycles. The SMILES string of the molecule is COc1cccc(C2c3cc(C(=O)Nc4ccccc4N)sc3CCN2C(=O)O)c1OC. The third-order valence-electron chi connectivity index (χ3n) is 5.43. The summed E-state index contributed by atoms with van der Waals surface area (Å²) in [6, 6.07) is 13.5. The lowest BCUT2D eigenvalue weighted by atomic mass is 9.92. The van der Waals surface area contributed by atoms with Gasteiger partial charge in [-0.15, -0.1) is 11.3 Å². The monoisotopic (exact) mass is 453 g/mol. The van der Waals surface area contributed by atoms with E-state index >= 15 is 0 Å². The normalized spacial score (nSPS) is 15.1. The van der Waals surface area contributed by atoms with E-state index in [0.29, 0.717) is 46.3 Å². The first-order valence-electron chi connectivity index (χ1n) is 9.93. The molecule has 2 amide bonds. The molecular weight excluding hydrogens is 430 g/mol. The molecule has 3 aromatic rings. The van der Waals surface area contributed by atoms with Crippen LogP contribution in [0.1, 0.15) is 31.7 Å². The summed E-state index contributed by atoms with van der Waals surface area (Å²) < 4.78 is 11.0. The fourth-order valence-electron chi connectivity index (χ4n) is 3.96. The lowest BCUT2D eigenvalue weighted by Gasteiger charge is -2.34. The number of nitrogens with two attached hydrogens (primary N) is 1. The van der Waals surface area contributed by atoms with Crippen molar-refractivity contribution in [2.45, 2.75) is 12.5 Å². The van der Waals surface area contributed by atoms with Gasteiger partial charge < -0.3 is 25.6 Å². The molecule has 166 valence electrons. The van der Waals surface area contributed by atoms with Crippen molar-refractivity contribution in [3.63, 3.8) is 0 Å². The van der Waals surface area contributed by atoms with Crippen LogP contribution >= 0.6 is 11.3 Å². The zero-order valence-electron chi connectivity index (χ0n) is 17.6. The van der Waals surface area contributed by atoms with Crippen molar-refractivity contribution < 1.29 is 24.2 Å². The number of carbonyl (C=O) groups excluding carboxylic acids is 1. The van der Waals surface area contributed by atoms with Gasteiger partial charge in [0.25, 0.3) is 5.91 Å². The first-order chi connectivity index (χ1) is 15.4. The maximum absolute atomic E-state index is 12.9. The van der Waals surface area contributed by atoms with E-state index in [1.54, 1.807) is 42.5 Å². The Morgan fingerprint density at radius 1 is 1.12 bits per heavy atom. The molecule has 1 unspecified atom stereocenters. The molecule has 0 fully saturated rings. The minimum absolute atomic E-state index is 0.291. The number of thiophene rings is 1. The van der Waals surface area contributed by atoms with Crippen LogP contribution in [0.2, 0.25) is 0 Å². The van der Waals surface area contributed by atoms with E-state index in [1.165, 1.54) is 30.5 Å². The second-order valence-electron chi connectivity index (χ2n) is 7.24. The number of methoxy groups -OCH3 is 2. The molecule has 4 N–H and O–H groups in total. The molecular formula is C23H23N3O5S. The quantitative estimate of drug-likeness (QED) is 0.498. The number of nitrogen functional groups attached to an aromatic ring is 1. The van der Waals surface area contributed by atoms with Crippen LogP contribution in [0.4, 0.5) is 16.2 Å². The maximum atomic E-state index is 12.9. The lowest BCUT2D eigenvalue weighted by molar-refractivity contribution is 0.103. The number of fused-ring (bicyclic) bond motifs is 1. The number of amides is 2. The summed E-state index contributed by atoms with van der Waals surface area (Å²) in [7, 11) is 3.05. The number of benzene rings is 2. The third-order valence-corrected chi connectivity index (χ3v) is 6.64. The van der Waals surface area contributed by atoms with E-state index in [1.807, 2.05) is 6.07 Å². The van der Waals surface area contributed by atoms with Crippen LogP contribution in [0.15, 0.2) is 48.5 Å². The number of rotatable bonds is 5. The van der Waals surface area contributed by atoms with Crippen LogP contribution in [-0.4, -0.2) is 42.8 Å². The second kappa shape index (κ2) is 8.80. The summed E-state index contributed by atoms with van der Waals surface area (Å²) in [6.45, 7) is 0.306. The Kier molecular flexibility index (Phi) is 5.91. The topological polar surface area (TPSA) is 114 Å². The Morgan fingerprint density at radius 3 is 2.59 bits per heavy atom. The maximum Gasteiger partial charge on any atom is 0.408 e. The molecule has 1 aliphatic heterocycles. The first-order valence-corrected chi connectivity index (χ1v) is 10.7. The number of carboxylic acid groups (broad SMARTS) is 1. The largest absolute Gasteiger partial charge is 0.493 e. The van der Waals surface area contributed by atoms with Crippen molar-refractivity contribution in [2.75, 3.05) is 31.8 Å². The van der Waals surface area contributed by atoms with Gasteiger partial charge in [-0.1, -0.05) is 24.3 Å². The number of nitrogens with zero attached hydrogens (tertiary/aromatic N) is 1. The molecule has 0 saturated heterocycles. The predicted octanol–water partition coefficient (Wildman–Crippen LogP) is 4.23. The molecule has 32 heavy (non-hydrogen) atoms. The Balaban J connectivity index is 1.76. The van der Waals surface area contributed by atoms with Crippen molar-refractivity contribution in [3.05, 3.63) is 69.4 Å². The molecule has 1 atom stereocenters. The average Bonchev–Trinajstić information content (AvgIpc) is 3.23. The molecule has 0 radical (unpaired) electrons. The van der Waals surface area contributed by atoms with Crippen molar-refractivity contribution in [1.82, 2.24) is 4.90 Å². The Bertz CT molecular complexity index is 1180. The molecule has 2 aromatic carbocycles. The van der Waals surface area contributed by atoms with Crippen molar-refractivity contribution in [3.8, 4) is 11.5 Å². The molecule has 9 heteroatoms. The van der Waals surface area contributed by atoms with E-state index in [9.17, 15) is 14.7 Å². The van der Waals surface area contributed by atoms with Gasteiger partial charge in [0, 0.05) is 17.0 Å². The summed E-state index contributed by atoms with van der Waals surface area (Å²) in [5.74, 6) is 0.684. The van der Waals surface area contributed by atoms with Crippen LogP contribution in [0.5, 0.6) is 11.5 Å². The van der Waals surface area contributed by atoms with Crippen LogP contribution in [-0.2, 0) is 6.42 Å². The number of hydrogen-bond acceptors (Lipinski definition) is 6. The van der Waals surface area contributed by atoms with Crippen LogP contribution in [0.3, 0.4) is 0 Å². The van der Waals surface area contributed by atoms with Gasteiger partial charge in [-0.2, -0.15) is 0 Å². The lowest BCUT2D eigenvalue weighted by Crippen LogP contribution is -2.39. The van der Waals surface area contributed by atoms with Crippen LogP contribution in [0, 0.1) is 0 Å². The van der Waals surface area contributed by atoms with Gasteiger partial charge in [0.05, 0.1) is 36.5 Å². The van der Waals surface area contributed by atoms with Crippen LogP contribution in [0.25, 0.3) is 0 Å². The highest BCUT2D eigenvalue weighted by molar-refractivity contribution is 7.14. The second-order valence-corrected chi connectivity index (χ2v) is 8.38. The Morgan fingerprint density at radius 2 is 1.91 bits per heavy atom. The summed E-state index contributed by atoms with van der Waals surface area (Å²) >= 11 is 1.36. The molecule has 1 aliphatic rings. The van der Waals surface area contributed by atoms with E-state index in [2.05, 4.69) is 5.32 Å². The van der Waals surface area contributed by atoms with Gasteiger partial charge in [0.15, 0.2) is 11.5 Å². The van der Waals surface area contributed by atoms with Gasteiger partial charge in [-0.3, -0.25) is 9.69 Å². The highest BCUT2D eigenvalue weighted by atomic mass is 32.1. The summed E-state index contributed by atoms with van der Waals surface area (Å²) in [4.78, 5) is 27.8. The number of ether oxygens (including phenoxy) is 2. The van der Waals surface area contributed by atoms with E-state index in [-0.39, 0.29) is 5.91 Å². The summed E-state index contributed by atoms with van der Waals surface area (Å²) in [5, 5.41) is 12.7. The number of hydrogen-bond donors (Lipinski definition) is 3. The van der Waals surface area contributed by atoms with Gasteiger partial charge >= 0.3 is 6.09 Å². The Labute approximate surface area is 189 Å². The van der Waals surface area contributed by atoms with Gasteiger partial charge in [0.1, 0.15) is 0 Å². The number of carbonyl (C=O) groups is 2. The van der Waals surface area contributed by atoms with E-state index in [0.717, 1.165) is 10.4 Å². The van der Waals surface area contributed by atoms with Crippen molar-refractivity contribution in [2.24, 2.45) is 0 Å². The van der Waals surface area contributed by atoms with Gasteiger partial charge in [0.2, 0.25) is 0 Å². The fraction of sp³-hybridized carbons (Fsp3) is 0.217. The highest BCUT2D eigenvalue weighted by Gasteiger charge is 2.36. The average molecular weight is 454 g/mol. The molecule has 1 aromatic heterocycles. The van der Waals surface area contributed by atoms with E-state index < -0.39 is 12.1 Å². The minimum atomic E-state index is -1.04. The smallest absolute Gasteiger partial charge is 0.408 e. The number of anilines is 2. The summed E-state index contributed by atoms with van der Waals surface area (Å²) in [6.07, 6.45) is -0.518. The molecule has 0 bridgehead atoms. The first kappa shape index (κ1) is 21.5. The molecule has 0 spiro atoms.